The summed E-state index contributed by atoms with van der Waals surface area (Å²) in [5.74, 6) is 1.61. The van der Waals surface area contributed by atoms with Crippen molar-refractivity contribution < 1.29 is 4.39 Å². The fourth-order valence-corrected chi connectivity index (χ4v) is 4.25. The van der Waals surface area contributed by atoms with Gasteiger partial charge >= 0.3 is 0 Å². The van der Waals surface area contributed by atoms with E-state index in [9.17, 15) is 4.39 Å². The zero-order chi connectivity index (χ0) is 21.4. The van der Waals surface area contributed by atoms with E-state index >= 15 is 0 Å². The number of aryl methyl sites for hydroxylation is 3. The summed E-state index contributed by atoms with van der Waals surface area (Å²) in [4.78, 5) is 9.10. The van der Waals surface area contributed by atoms with E-state index in [0.717, 1.165) is 47.7 Å². The van der Waals surface area contributed by atoms with Crippen molar-refractivity contribution in [3.05, 3.63) is 94.8 Å². The maximum atomic E-state index is 13.3. The first kappa shape index (κ1) is 19.4. The first-order chi connectivity index (χ1) is 15.1. The SMILES string of the molecule is Cc1cn(-c2ccc(/C=C/c3nc4n(n3)CCC[C@H]4c3ccc(F)cc3)cc2C)cn1. The number of rotatable bonds is 4. The van der Waals surface area contributed by atoms with Crippen molar-refractivity contribution in [2.75, 3.05) is 0 Å². The standard InChI is InChI=1S/C25H24FN5/c1-17-14-19(5-11-23(17)30-15-18(2)27-16-30)6-12-24-28-25-22(4-3-13-31(25)29-24)20-7-9-21(26)10-8-20/h5-12,14-16,22H,3-4,13H2,1-2H3/b12-6+/t22-/m0/s1. The first-order valence-electron chi connectivity index (χ1n) is 10.6. The predicted octanol–water partition coefficient (Wildman–Crippen LogP) is 5.32. The molecule has 0 spiro atoms. The van der Waals surface area contributed by atoms with E-state index in [2.05, 4.69) is 35.2 Å². The van der Waals surface area contributed by atoms with Gasteiger partial charge in [-0.25, -0.2) is 19.0 Å². The number of hydrogen-bond acceptors (Lipinski definition) is 3. The van der Waals surface area contributed by atoms with E-state index in [-0.39, 0.29) is 11.7 Å². The maximum Gasteiger partial charge on any atom is 0.174 e. The lowest BCUT2D eigenvalue weighted by Crippen LogP contribution is -2.17. The Balaban J connectivity index is 1.38. The van der Waals surface area contributed by atoms with Crippen molar-refractivity contribution in [2.45, 2.75) is 39.2 Å². The van der Waals surface area contributed by atoms with Crippen LogP contribution in [0.3, 0.4) is 0 Å². The highest BCUT2D eigenvalue weighted by atomic mass is 19.1. The molecule has 0 saturated heterocycles. The summed E-state index contributed by atoms with van der Waals surface area (Å²) >= 11 is 0. The lowest BCUT2D eigenvalue weighted by molar-refractivity contribution is 0.445. The average Bonchev–Trinajstić information content (AvgIpc) is 3.38. The van der Waals surface area contributed by atoms with Gasteiger partial charge in [-0.05, 0) is 73.7 Å². The Labute approximate surface area is 180 Å². The van der Waals surface area contributed by atoms with Crippen molar-refractivity contribution in [3.8, 4) is 5.69 Å². The quantitative estimate of drug-likeness (QED) is 0.455. The van der Waals surface area contributed by atoms with Gasteiger partial charge in [0.25, 0.3) is 0 Å². The third-order valence-electron chi connectivity index (χ3n) is 5.80. The van der Waals surface area contributed by atoms with E-state index in [1.165, 1.54) is 17.7 Å². The summed E-state index contributed by atoms with van der Waals surface area (Å²) in [6.45, 7) is 4.95. The van der Waals surface area contributed by atoms with Crippen LogP contribution in [-0.2, 0) is 6.54 Å². The molecule has 2 aromatic heterocycles. The molecule has 1 aliphatic heterocycles. The molecule has 0 fully saturated rings. The van der Waals surface area contributed by atoms with Crippen LogP contribution in [0.5, 0.6) is 0 Å². The Hall–Kier alpha value is -3.54. The summed E-state index contributed by atoms with van der Waals surface area (Å²) < 4.78 is 17.4. The number of aromatic nitrogens is 5. The minimum Gasteiger partial charge on any atom is -0.306 e. The topological polar surface area (TPSA) is 48.5 Å². The van der Waals surface area contributed by atoms with Crippen molar-refractivity contribution in [1.29, 1.82) is 0 Å². The van der Waals surface area contributed by atoms with Crippen LogP contribution in [-0.4, -0.2) is 24.3 Å². The molecule has 6 heteroatoms. The van der Waals surface area contributed by atoms with Gasteiger partial charge in [-0.15, -0.1) is 0 Å². The van der Waals surface area contributed by atoms with Crippen molar-refractivity contribution in [2.24, 2.45) is 0 Å². The molecule has 5 nitrogen and oxygen atoms in total. The van der Waals surface area contributed by atoms with E-state index < -0.39 is 0 Å². The third-order valence-corrected chi connectivity index (χ3v) is 5.80. The predicted molar refractivity (Wildman–Crippen MR) is 119 cm³/mol. The molecule has 0 unspecified atom stereocenters. The van der Waals surface area contributed by atoms with E-state index in [1.54, 1.807) is 0 Å². The Bertz CT molecular complexity index is 1250. The second-order valence-electron chi connectivity index (χ2n) is 8.10. The highest BCUT2D eigenvalue weighted by molar-refractivity contribution is 5.68. The number of nitrogens with zero attached hydrogens (tertiary/aromatic N) is 5. The maximum absolute atomic E-state index is 13.3. The molecule has 4 aromatic rings. The lowest BCUT2D eigenvalue weighted by Gasteiger charge is -2.22. The van der Waals surface area contributed by atoms with Gasteiger partial charge in [0.2, 0.25) is 0 Å². The second-order valence-corrected chi connectivity index (χ2v) is 8.10. The van der Waals surface area contributed by atoms with Gasteiger partial charge in [0, 0.05) is 24.3 Å². The van der Waals surface area contributed by atoms with Crippen LogP contribution in [0.25, 0.3) is 17.8 Å². The van der Waals surface area contributed by atoms with Crippen LogP contribution in [0.2, 0.25) is 0 Å². The number of hydrogen-bond donors (Lipinski definition) is 0. The van der Waals surface area contributed by atoms with Gasteiger partial charge in [0.05, 0.1) is 12.0 Å². The molecule has 0 saturated carbocycles. The Kier molecular flexibility index (Phi) is 4.98. The van der Waals surface area contributed by atoms with Crippen LogP contribution in [0.4, 0.5) is 4.39 Å². The summed E-state index contributed by atoms with van der Waals surface area (Å²) in [6, 6.07) is 13.1. The zero-order valence-corrected chi connectivity index (χ0v) is 17.7. The molecule has 0 amide bonds. The van der Waals surface area contributed by atoms with Crippen molar-refractivity contribution in [3.63, 3.8) is 0 Å². The Morgan fingerprint density at radius 2 is 1.90 bits per heavy atom. The van der Waals surface area contributed by atoms with Crippen molar-refractivity contribution in [1.82, 2.24) is 24.3 Å². The van der Waals surface area contributed by atoms with Gasteiger partial charge in [0.1, 0.15) is 11.6 Å². The number of halogens is 1. The van der Waals surface area contributed by atoms with Gasteiger partial charge in [-0.1, -0.05) is 24.3 Å². The molecule has 1 atom stereocenters. The monoisotopic (exact) mass is 413 g/mol. The summed E-state index contributed by atoms with van der Waals surface area (Å²) in [5, 5.41) is 4.68. The molecule has 3 heterocycles. The highest BCUT2D eigenvalue weighted by Crippen LogP contribution is 2.32. The van der Waals surface area contributed by atoms with E-state index in [1.807, 2.05) is 53.0 Å². The molecule has 2 aromatic carbocycles. The summed E-state index contributed by atoms with van der Waals surface area (Å²) in [7, 11) is 0. The second kappa shape index (κ2) is 7.95. The van der Waals surface area contributed by atoms with Crippen LogP contribution in [0, 0.1) is 19.7 Å². The molecular weight excluding hydrogens is 389 g/mol. The van der Waals surface area contributed by atoms with Crippen LogP contribution < -0.4 is 0 Å². The van der Waals surface area contributed by atoms with Crippen LogP contribution in [0.1, 0.15) is 52.8 Å². The highest BCUT2D eigenvalue weighted by Gasteiger charge is 2.25. The van der Waals surface area contributed by atoms with Gasteiger partial charge in [-0.2, -0.15) is 5.10 Å². The lowest BCUT2D eigenvalue weighted by atomic mass is 9.91. The minimum atomic E-state index is -0.214. The number of imidazole rings is 1. The number of fused-ring (bicyclic) bond motifs is 1. The fourth-order valence-electron chi connectivity index (χ4n) is 4.25. The fraction of sp³-hybridized carbons (Fsp3) is 0.240. The van der Waals surface area contributed by atoms with E-state index in [0.29, 0.717) is 5.82 Å². The molecule has 0 aliphatic carbocycles. The van der Waals surface area contributed by atoms with Crippen LogP contribution >= 0.6 is 0 Å². The molecule has 0 bridgehead atoms. The first-order valence-corrected chi connectivity index (χ1v) is 10.6. The van der Waals surface area contributed by atoms with Crippen molar-refractivity contribution >= 4 is 12.2 Å². The normalized spacial score (nSPS) is 16.0. The molecule has 31 heavy (non-hydrogen) atoms. The molecule has 0 N–H and O–H groups in total. The zero-order valence-electron chi connectivity index (χ0n) is 17.7. The van der Waals surface area contributed by atoms with E-state index in [4.69, 9.17) is 4.98 Å². The van der Waals surface area contributed by atoms with Gasteiger partial charge in [-0.3, -0.25) is 0 Å². The van der Waals surface area contributed by atoms with Gasteiger partial charge < -0.3 is 4.57 Å². The minimum absolute atomic E-state index is 0.157. The largest absolute Gasteiger partial charge is 0.306 e. The molecule has 0 radical (unpaired) electrons. The van der Waals surface area contributed by atoms with Gasteiger partial charge in [0.15, 0.2) is 5.82 Å². The molecule has 156 valence electrons. The Morgan fingerprint density at radius 1 is 1.06 bits per heavy atom. The number of benzene rings is 2. The molecule has 5 rings (SSSR count). The third kappa shape index (κ3) is 3.93. The summed E-state index contributed by atoms with van der Waals surface area (Å²) in [6.07, 6.45) is 9.91. The summed E-state index contributed by atoms with van der Waals surface area (Å²) in [5.41, 5.74) is 5.48. The average molecular weight is 414 g/mol. The smallest absolute Gasteiger partial charge is 0.174 e. The molecule has 1 aliphatic rings. The Morgan fingerprint density at radius 3 is 2.65 bits per heavy atom. The van der Waals surface area contributed by atoms with Crippen LogP contribution in [0.15, 0.2) is 55.0 Å². The molecular formula is C25H24FN5.